The highest BCUT2D eigenvalue weighted by Gasteiger charge is 2.03. The van der Waals surface area contributed by atoms with Crippen molar-refractivity contribution < 1.29 is 4.42 Å². The summed E-state index contributed by atoms with van der Waals surface area (Å²) < 4.78 is 5.32. The molecule has 3 nitrogen and oxygen atoms in total. The normalized spacial score (nSPS) is 10.9. The van der Waals surface area contributed by atoms with E-state index in [9.17, 15) is 0 Å². The first-order valence-electron chi connectivity index (χ1n) is 4.24. The van der Waals surface area contributed by atoms with E-state index < -0.39 is 0 Å². The fourth-order valence-corrected chi connectivity index (χ4v) is 1.41. The summed E-state index contributed by atoms with van der Waals surface area (Å²) in [6.07, 6.45) is 1.70. The third-order valence-electron chi connectivity index (χ3n) is 2.17. The minimum absolute atomic E-state index is 0.501. The molecule has 13 heavy (non-hydrogen) atoms. The van der Waals surface area contributed by atoms with Gasteiger partial charge in [-0.15, -0.1) is 0 Å². The zero-order chi connectivity index (χ0) is 9.26. The van der Waals surface area contributed by atoms with Gasteiger partial charge in [0.15, 0.2) is 0 Å². The maximum absolute atomic E-state index is 5.56. The van der Waals surface area contributed by atoms with Gasteiger partial charge in [-0.3, -0.25) is 0 Å². The van der Waals surface area contributed by atoms with E-state index in [0.29, 0.717) is 13.1 Å². The summed E-state index contributed by atoms with van der Waals surface area (Å²) >= 11 is 0. The van der Waals surface area contributed by atoms with E-state index in [1.165, 1.54) is 0 Å². The molecule has 0 atom stereocenters. The number of benzene rings is 1. The maximum atomic E-state index is 5.56. The molecule has 0 spiro atoms. The molecule has 3 heteroatoms. The fraction of sp³-hybridized carbons (Fsp3) is 0.200. The van der Waals surface area contributed by atoms with Crippen molar-refractivity contribution in [3.63, 3.8) is 0 Å². The lowest BCUT2D eigenvalue weighted by molar-refractivity contribution is 0.610. The predicted octanol–water partition coefficient (Wildman–Crippen LogP) is 1.35. The van der Waals surface area contributed by atoms with E-state index in [0.717, 1.165) is 22.1 Å². The molecular weight excluding hydrogens is 164 g/mol. The van der Waals surface area contributed by atoms with Gasteiger partial charge in [0.25, 0.3) is 0 Å². The summed E-state index contributed by atoms with van der Waals surface area (Å²) in [5.74, 6) is 0. The van der Waals surface area contributed by atoms with Crippen LogP contribution in [0.2, 0.25) is 0 Å². The van der Waals surface area contributed by atoms with Crippen LogP contribution in [-0.2, 0) is 13.1 Å². The summed E-state index contributed by atoms with van der Waals surface area (Å²) in [6.45, 7) is 1.05. The average Bonchev–Trinajstić information content (AvgIpc) is 2.59. The van der Waals surface area contributed by atoms with Crippen LogP contribution in [0, 0.1) is 0 Å². The van der Waals surface area contributed by atoms with E-state index in [1.807, 2.05) is 18.2 Å². The third kappa shape index (κ3) is 1.32. The van der Waals surface area contributed by atoms with Gasteiger partial charge in [0, 0.05) is 24.0 Å². The van der Waals surface area contributed by atoms with Gasteiger partial charge in [0.1, 0.15) is 5.58 Å². The summed E-state index contributed by atoms with van der Waals surface area (Å²) in [7, 11) is 0. The Hall–Kier alpha value is -1.32. The Morgan fingerprint density at radius 2 is 2.00 bits per heavy atom. The van der Waals surface area contributed by atoms with Crippen molar-refractivity contribution >= 4 is 11.0 Å². The molecule has 4 N–H and O–H groups in total. The molecule has 2 rings (SSSR count). The summed E-state index contributed by atoms with van der Waals surface area (Å²) in [6, 6.07) is 5.92. The molecule has 1 aromatic carbocycles. The molecule has 0 aliphatic rings. The van der Waals surface area contributed by atoms with Gasteiger partial charge < -0.3 is 15.9 Å². The summed E-state index contributed by atoms with van der Waals surface area (Å²) in [5.41, 5.74) is 14.1. The molecule has 2 aromatic rings. The van der Waals surface area contributed by atoms with Crippen LogP contribution in [0.25, 0.3) is 11.0 Å². The van der Waals surface area contributed by atoms with E-state index in [2.05, 4.69) is 0 Å². The van der Waals surface area contributed by atoms with Crippen LogP contribution < -0.4 is 11.5 Å². The van der Waals surface area contributed by atoms with Crippen molar-refractivity contribution in [1.82, 2.24) is 0 Å². The summed E-state index contributed by atoms with van der Waals surface area (Å²) in [4.78, 5) is 0. The highest BCUT2D eigenvalue weighted by Crippen LogP contribution is 2.21. The molecule has 0 bridgehead atoms. The minimum atomic E-state index is 0.501. The standard InChI is InChI=1S/C10H12N2O/c11-4-7-1-2-10-9(3-7)8(5-12)6-13-10/h1-3,6H,4-5,11-12H2. The highest BCUT2D eigenvalue weighted by molar-refractivity contribution is 5.81. The lowest BCUT2D eigenvalue weighted by atomic mass is 10.1. The molecule has 0 aliphatic heterocycles. The monoisotopic (exact) mass is 176 g/mol. The largest absolute Gasteiger partial charge is 0.464 e. The minimum Gasteiger partial charge on any atom is -0.464 e. The van der Waals surface area contributed by atoms with Crippen molar-refractivity contribution in [2.24, 2.45) is 11.5 Å². The molecule has 1 heterocycles. The second kappa shape index (κ2) is 3.20. The third-order valence-corrected chi connectivity index (χ3v) is 2.17. The quantitative estimate of drug-likeness (QED) is 0.725. The van der Waals surface area contributed by atoms with E-state index >= 15 is 0 Å². The van der Waals surface area contributed by atoms with Crippen molar-refractivity contribution in [2.75, 3.05) is 0 Å². The van der Waals surface area contributed by atoms with E-state index in [4.69, 9.17) is 15.9 Å². The van der Waals surface area contributed by atoms with Crippen molar-refractivity contribution in [2.45, 2.75) is 13.1 Å². The number of rotatable bonds is 2. The molecule has 0 fully saturated rings. The SMILES string of the molecule is NCc1ccc2occ(CN)c2c1. The number of hydrogen-bond donors (Lipinski definition) is 2. The van der Waals surface area contributed by atoms with Gasteiger partial charge in [-0.25, -0.2) is 0 Å². The second-order valence-electron chi connectivity index (χ2n) is 3.00. The van der Waals surface area contributed by atoms with Crippen LogP contribution in [-0.4, -0.2) is 0 Å². The molecule has 0 radical (unpaired) electrons. The fourth-order valence-electron chi connectivity index (χ4n) is 1.41. The van der Waals surface area contributed by atoms with Gasteiger partial charge in [-0.1, -0.05) is 6.07 Å². The Labute approximate surface area is 76.3 Å². The van der Waals surface area contributed by atoms with Gasteiger partial charge in [-0.05, 0) is 17.7 Å². The van der Waals surface area contributed by atoms with Crippen molar-refractivity contribution in [1.29, 1.82) is 0 Å². The van der Waals surface area contributed by atoms with Crippen LogP contribution >= 0.6 is 0 Å². The number of furan rings is 1. The molecule has 0 saturated heterocycles. The smallest absolute Gasteiger partial charge is 0.134 e. The van der Waals surface area contributed by atoms with Crippen LogP contribution in [0.5, 0.6) is 0 Å². The molecule has 1 aromatic heterocycles. The molecule has 68 valence electrons. The first kappa shape index (κ1) is 8.29. The molecule has 0 amide bonds. The topological polar surface area (TPSA) is 65.2 Å². The Bertz CT molecular complexity index is 420. The van der Waals surface area contributed by atoms with E-state index in [-0.39, 0.29) is 0 Å². The Balaban J connectivity index is 2.64. The number of nitrogens with two attached hydrogens (primary N) is 2. The molecular formula is C10H12N2O. The average molecular weight is 176 g/mol. The molecule has 0 aliphatic carbocycles. The second-order valence-corrected chi connectivity index (χ2v) is 3.00. The first-order chi connectivity index (χ1) is 6.35. The Morgan fingerprint density at radius 1 is 1.15 bits per heavy atom. The van der Waals surface area contributed by atoms with Crippen molar-refractivity contribution in [3.05, 3.63) is 35.6 Å². The van der Waals surface area contributed by atoms with Crippen LogP contribution in [0.3, 0.4) is 0 Å². The summed E-state index contributed by atoms with van der Waals surface area (Å²) in [5, 5.41) is 1.07. The highest BCUT2D eigenvalue weighted by atomic mass is 16.3. The Kier molecular flexibility index (Phi) is 2.04. The van der Waals surface area contributed by atoms with E-state index in [1.54, 1.807) is 6.26 Å². The number of hydrogen-bond acceptors (Lipinski definition) is 3. The zero-order valence-corrected chi connectivity index (χ0v) is 7.29. The van der Waals surface area contributed by atoms with Crippen molar-refractivity contribution in [3.8, 4) is 0 Å². The predicted molar refractivity (Wildman–Crippen MR) is 52.0 cm³/mol. The van der Waals surface area contributed by atoms with Gasteiger partial charge >= 0.3 is 0 Å². The van der Waals surface area contributed by atoms with Crippen LogP contribution in [0.1, 0.15) is 11.1 Å². The van der Waals surface area contributed by atoms with Gasteiger partial charge in [-0.2, -0.15) is 0 Å². The molecule has 0 unspecified atom stereocenters. The van der Waals surface area contributed by atoms with Gasteiger partial charge in [0.05, 0.1) is 6.26 Å². The lowest BCUT2D eigenvalue weighted by Crippen LogP contribution is -1.97. The maximum Gasteiger partial charge on any atom is 0.134 e. The van der Waals surface area contributed by atoms with Gasteiger partial charge in [0.2, 0.25) is 0 Å². The Morgan fingerprint density at radius 3 is 2.69 bits per heavy atom. The first-order valence-corrected chi connectivity index (χ1v) is 4.24. The number of fused-ring (bicyclic) bond motifs is 1. The molecule has 0 saturated carbocycles. The van der Waals surface area contributed by atoms with Crippen LogP contribution in [0.4, 0.5) is 0 Å². The zero-order valence-electron chi connectivity index (χ0n) is 7.29. The lowest BCUT2D eigenvalue weighted by Gasteiger charge is -1.96. The van der Waals surface area contributed by atoms with Crippen LogP contribution in [0.15, 0.2) is 28.9 Å².